The number of aromatic nitrogens is 2. The molecule has 0 spiro atoms. The predicted molar refractivity (Wildman–Crippen MR) is 74.9 cm³/mol. The molecule has 2 heterocycles. The molecular weight excluding hydrogens is 238 g/mol. The van der Waals surface area contributed by atoms with Crippen LogP contribution in [-0.2, 0) is 6.54 Å². The first-order valence-corrected chi connectivity index (χ1v) is 7.61. The Hall–Kier alpha value is -0.870. The fraction of sp³-hybridized carbons (Fsp3) is 0.800. The summed E-state index contributed by atoms with van der Waals surface area (Å²) in [6.07, 6.45) is 9.15. The maximum absolute atomic E-state index is 9.96. The molecule has 0 amide bonds. The molecule has 0 unspecified atom stereocenters. The Morgan fingerprint density at radius 2 is 2.00 bits per heavy atom. The largest absolute Gasteiger partial charge is 0.390 e. The van der Waals surface area contributed by atoms with Crippen LogP contribution in [0.3, 0.4) is 0 Å². The van der Waals surface area contributed by atoms with Crippen molar-refractivity contribution in [1.82, 2.24) is 14.7 Å². The maximum atomic E-state index is 9.96. The highest BCUT2D eigenvalue weighted by Crippen LogP contribution is 2.29. The van der Waals surface area contributed by atoms with Crippen LogP contribution >= 0.6 is 0 Å². The van der Waals surface area contributed by atoms with Crippen molar-refractivity contribution in [1.29, 1.82) is 0 Å². The minimum atomic E-state index is -0.459. The highest BCUT2D eigenvalue weighted by molar-refractivity contribution is 5.01. The summed E-state index contributed by atoms with van der Waals surface area (Å²) in [4.78, 5) is 2.40. The van der Waals surface area contributed by atoms with Crippen LogP contribution in [0.4, 0.5) is 0 Å². The van der Waals surface area contributed by atoms with Crippen molar-refractivity contribution >= 4 is 0 Å². The van der Waals surface area contributed by atoms with Gasteiger partial charge in [0.1, 0.15) is 0 Å². The SMILES string of the molecule is CC1(O)CCN(Cc2ccn(C3CCCC3)n2)CC1. The molecule has 1 N–H and O–H groups in total. The first-order valence-electron chi connectivity index (χ1n) is 7.61. The quantitative estimate of drug-likeness (QED) is 0.910. The van der Waals surface area contributed by atoms with Crippen LogP contribution in [0.25, 0.3) is 0 Å². The van der Waals surface area contributed by atoms with Gasteiger partial charge in [0.25, 0.3) is 0 Å². The van der Waals surface area contributed by atoms with Crippen molar-refractivity contribution in [2.45, 2.75) is 63.6 Å². The Morgan fingerprint density at radius 3 is 2.68 bits per heavy atom. The Bertz CT molecular complexity index is 411. The second-order valence-electron chi connectivity index (χ2n) is 6.50. The zero-order chi connectivity index (χ0) is 13.3. The van der Waals surface area contributed by atoms with Gasteiger partial charge >= 0.3 is 0 Å². The van der Waals surface area contributed by atoms with Crippen LogP contribution < -0.4 is 0 Å². The van der Waals surface area contributed by atoms with E-state index in [1.807, 2.05) is 6.92 Å². The van der Waals surface area contributed by atoms with E-state index >= 15 is 0 Å². The van der Waals surface area contributed by atoms with Gasteiger partial charge in [-0.15, -0.1) is 0 Å². The van der Waals surface area contributed by atoms with Crippen LogP contribution in [-0.4, -0.2) is 38.5 Å². The monoisotopic (exact) mass is 263 g/mol. The van der Waals surface area contributed by atoms with Gasteiger partial charge in [-0.2, -0.15) is 5.10 Å². The van der Waals surface area contributed by atoms with Gasteiger partial charge in [-0.1, -0.05) is 12.8 Å². The summed E-state index contributed by atoms with van der Waals surface area (Å²) in [5.74, 6) is 0. The molecular formula is C15H25N3O. The molecule has 2 aliphatic rings. The van der Waals surface area contributed by atoms with E-state index in [0.29, 0.717) is 6.04 Å². The Morgan fingerprint density at radius 1 is 1.32 bits per heavy atom. The topological polar surface area (TPSA) is 41.3 Å². The van der Waals surface area contributed by atoms with Crippen molar-refractivity contribution in [2.75, 3.05) is 13.1 Å². The molecule has 1 aromatic heterocycles. The predicted octanol–water partition coefficient (Wildman–Crippen LogP) is 2.35. The number of hydrogen-bond acceptors (Lipinski definition) is 3. The summed E-state index contributed by atoms with van der Waals surface area (Å²) in [6.45, 7) is 4.82. The average Bonchev–Trinajstić information content (AvgIpc) is 3.02. The number of hydrogen-bond donors (Lipinski definition) is 1. The lowest BCUT2D eigenvalue weighted by Gasteiger charge is -2.35. The number of rotatable bonds is 3. The molecule has 106 valence electrons. The molecule has 0 bridgehead atoms. The molecule has 4 nitrogen and oxygen atoms in total. The smallest absolute Gasteiger partial charge is 0.0764 e. The summed E-state index contributed by atoms with van der Waals surface area (Å²) < 4.78 is 2.17. The molecule has 19 heavy (non-hydrogen) atoms. The second kappa shape index (κ2) is 5.25. The van der Waals surface area contributed by atoms with E-state index in [0.717, 1.165) is 32.5 Å². The minimum Gasteiger partial charge on any atom is -0.390 e. The Balaban J connectivity index is 1.55. The molecule has 1 aliphatic heterocycles. The third-order valence-electron chi connectivity index (χ3n) is 4.68. The molecule has 4 heteroatoms. The van der Waals surface area contributed by atoms with Crippen molar-refractivity contribution in [3.8, 4) is 0 Å². The maximum Gasteiger partial charge on any atom is 0.0764 e. The normalized spacial score (nSPS) is 24.9. The summed E-state index contributed by atoms with van der Waals surface area (Å²) in [5.41, 5.74) is 0.716. The fourth-order valence-corrected chi connectivity index (χ4v) is 3.26. The van der Waals surface area contributed by atoms with E-state index in [1.54, 1.807) is 0 Å². The number of piperidine rings is 1. The minimum absolute atomic E-state index is 0.459. The average molecular weight is 263 g/mol. The van der Waals surface area contributed by atoms with Gasteiger partial charge in [0, 0.05) is 25.8 Å². The summed E-state index contributed by atoms with van der Waals surface area (Å²) in [6, 6.07) is 2.79. The molecule has 1 aliphatic carbocycles. The van der Waals surface area contributed by atoms with Crippen LogP contribution in [0.1, 0.15) is 57.2 Å². The first-order chi connectivity index (χ1) is 9.12. The van der Waals surface area contributed by atoms with E-state index in [1.165, 1.54) is 31.4 Å². The zero-order valence-electron chi connectivity index (χ0n) is 11.9. The molecule has 0 radical (unpaired) electrons. The van der Waals surface area contributed by atoms with Crippen LogP contribution in [0.2, 0.25) is 0 Å². The molecule has 2 fully saturated rings. The summed E-state index contributed by atoms with van der Waals surface area (Å²) in [7, 11) is 0. The zero-order valence-corrected chi connectivity index (χ0v) is 11.9. The van der Waals surface area contributed by atoms with Crippen molar-refractivity contribution in [2.24, 2.45) is 0 Å². The highest BCUT2D eigenvalue weighted by atomic mass is 16.3. The summed E-state index contributed by atoms with van der Waals surface area (Å²) in [5, 5.41) is 14.7. The van der Waals surface area contributed by atoms with Crippen molar-refractivity contribution < 1.29 is 5.11 Å². The van der Waals surface area contributed by atoms with E-state index in [2.05, 4.69) is 21.8 Å². The van der Waals surface area contributed by atoms with E-state index in [-0.39, 0.29) is 0 Å². The molecule has 1 saturated carbocycles. The standard InChI is InChI=1S/C15H25N3O/c1-15(19)7-10-17(11-8-15)12-13-6-9-18(16-13)14-4-2-3-5-14/h6,9,14,19H,2-5,7-8,10-12H2,1H3. The van der Waals surface area contributed by atoms with Crippen LogP contribution in [0, 0.1) is 0 Å². The van der Waals surface area contributed by atoms with Gasteiger partial charge in [0.05, 0.1) is 17.3 Å². The Labute approximate surface area is 115 Å². The molecule has 0 aromatic carbocycles. The lowest BCUT2D eigenvalue weighted by Crippen LogP contribution is -2.42. The first kappa shape index (κ1) is 13.1. The highest BCUT2D eigenvalue weighted by Gasteiger charge is 2.27. The summed E-state index contributed by atoms with van der Waals surface area (Å²) >= 11 is 0. The Kier molecular flexibility index (Phi) is 3.63. The van der Waals surface area contributed by atoms with E-state index in [4.69, 9.17) is 5.10 Å². The van der Waals surface area contributed by atoms with E-state index < -0.39 is 5.60 Å². The van der Waals surface area contributed by atoms with Gasteiger partial charge < -0.3 is 5.11 Å². The molecule has 3 rings (SSSR count). The molecule has 1 saturated heterocycles. The van der Waals surface area contributed by atoms with Gasteiger partial charge in [0.15, 0.2) is 0 Å². The van der Waals surface area contributed by atoms with Crippen LogP contribution in [0.5, 0.6) is 0 Å². The van der Waals surface area contributed by atoms with Crippen molar-refractivity contribution in [3.05, 3.63) is 18.0 Å². The third kappa shape index (κ3) is 3.18. The van der Waals surface area contributed by atoms with E-state index in [9.17, 15) is 5.11 Å². The fourth-order valence-electron chi connectivity index (χ4n) is 3.26. The number of aliphatic hydroxyl groups is 1. The molecule has 1 aromatic rings. The number of likely N-dealkylation sites (tertiary alicyclic amines) is 1. The molecule has 0 atom stereocenters. The second-order valence-corrected chi connectivity index (χ2v) is 6.50. The lowest BCUT2D eigenvalue weighted by atomic mass is 9.94. The van der Waals surface area contributed by atoms with Crippen LogP contribution in [0.15, 0.2) is 12.3 Å². The van der Waals surface area contributed by atoms with Gasteiger partial charge in [-0.25, -0.2) is 0 Å². The van der Waals surface area contributed by atoms with Crippen molar-refractivity contribution in [3.63, 3.8) is 0 Å². The van der Waals surface area contributed by atoms with Gasteiger partial charge in [0.2, 0.25) is 0 Å². The van der Waals surface area contributed by atoms with Gasteiger partial charge in [-0.3, -0.25) is 9.58 Å². The third-order valence-corrected chi connectivity index (χ3v) is 4.68. The number of nitrogens with zero attached hydrogens (tertiary/aromatic N) is 3. The lowest BCUT2D eigenvalue weighted by molar-refractivity contribution is -0.00762. The van der Waals surface area contributed by atoms with Gasteiger partial charge in [-0.05, 0) is 38.7 Å².